The Hall–Kier alpha value is -0.510. The number of hydrogen-bond acceptors (Lipinski definition) is 3. The molecule has 18 heavy (non-hydrogen) atoms. The van der Waals surface area contributed by atoms with E-state index in [4.69, 9.17) is 4.74 Å². The van der Waals surface area contributed by atoms with Crippen molar-refractivity contribution in [3.05, 3.63) is 34.9 Å². The second-order valence-corrected chi connectivity index (χ2v) is 6.10. The first-order valence-electron chi connectivity index (χ1n) is 6.64. The van der Waals surface area contributed by atoms with Crippen LogP contribution in [0.4, 0.5) is 0 Å². The van der Waals surface area contributed by atoms with Crippen LogP contribution in [0.2, 0.25) is 0 Å². The molecule has 0 aliphatic carbocycles. The van der Waals surface area contributed by atoms with Gasteiger partial charge in [-0.25, -0.2) is 0 Å². The van der Waals surface area contributed by atoms with Crippen molar-refractivity contribution in [3.63, 3.8) is 0 Å². The predicted molar refractivity (Wildman–Crippen MR) is 79.5 cm³/mol. The summed E-state index contributed by atoms with van der Waals surface area (Å²) in [5, 5.41) is 3.44. The summed E-state index contributed by atoms with van der Waals surface area (Å²) in [7, 11) is 2.04. The van der Waals surface area contributed by atoms with Gasteiger partial charge in [0.15, 0.2) is 0 Å². The molecule has 3 heteroatoms. The molecule has 1 aliphatic rings. The Balaban J connectivity index is 2.09. The lowest BCUT2D eigenvalue weighted by atomic mass is 9.94. The second-order valence-electron chi connectivity index (χ2n) is 4.95. The average molecular weight is 265 g/mol. The van der Waals surface area contributed by atoms with Gasteiger partial charge in [-0.15, -0.1) is 0 Å². The number of rotatable bonds is 4. The maximum Gasteiger partial charge on any atom is 0.0821 e. The molecular weight excluding hydrogens is 242 g/mol. The molecule has 0 radical (unpaired) electrons. The smallest absolute Gasteiger partial charge is 0.0821 e. The van der Waals surface area contributed by atoms with Crippen LogP contribution in [0.5, 0.6) is 0 Å². The van der Waals surface area contributed by atoms with E-state index < -0.39 is 0 Å². The maximum atomic E-state index is 5.90. The minimum atomic E-state index is 0.341. The molecule has 1 N–H and O–H groups in total. The van der Waals surface area contributed by atoms with Crippen molar-refractivity contribution in [3.8, 4) is 0 Å². The number of likely N-dealkylation sites (N-methyl/N-ethyl adjacent to an activating group) is 1. The Morgan fingerprint density at radius 2 is 2.11 bits per heavy atom. The highest BCUT2D eigenvalue weighted by atomic mass is 32.2. The van der Waals surface area contributed by atoms with Gasteiger partial charge in [-0.1, -0.05) is 18.2 Å². The third-order valence-electron chi connectivity index (χ3n) is 3.73. The van der Waals surface area contributed by atoms with Gasteiger partial charge in [0, 0.05) is 17.5 Å². The zero-order valence-corrected chi connectivity index (χ0v) is 12.3. The van der Waals surface area contributed by atoms with Gasteiger partial charge in [0.25, 0.3) is 0 Å². The van der Waals surface area contributed by atoms with Crippen LogP contribution in [0, 0.1) is 13.8 Å². The van der Waals surface area contributed by atoms with Crippen molar-refractivity contribution in [2.45, 2.75) is 32.4 Å². The fourth-order valence-corrected chi connectivity index (χ4v) is 3.49. The summed E-state index contributed by atoms with van der Waals surface area (Å²) in [6.07, 6.45) is 1.40. The van der Waals surface area contributed by atoms with E-state index in [1.165, 1.54) is 16.7 Å². The third kappa shape index (κ3) is 3.28. The lowest BCUT2D eigenvalue weighted by Gasteiger charge is -2.30. The van der Waals surface area contributed by atoms with Crippen molar-refractivity contribution in [1.82, 2.24) is 5.32 Å². The summed E-state index contributed by atoms with van der Waals surface area (Å²) in [5.74, 6) is 2.24. The zero-order valence-electron chi connectivity index (χ0n) is 11.5. The lowest BCUT2D eigenvalue weighted by Crippen LogP contribution is -2.44. The van der Waals surface area contributed by atoms with Crippen molar-refractivity contribution in [2.75, 3.05) is 25.2 Å². The maximum absolute atomic E-state index is 5.90. The normalized spacial score (nSPS) is 21.8. The Bertz CT molecular complexity index is 368. The number of hydrogen-bond donors (Lipinski definition) is 1. The Kier molecular flexibility index (Phi) is 5.10. The number of benzene rings is 1. The first-order chi connectivity index (χ1) is 8.72. The molecule has 2 nitrogen and oxygen atoms in total. The molecule has 2 atom stereocenters. The number of thioether (sulfide) groups is 1. The summed E-state index contributed by atoms with van der Waals surface area (Å²) in [4.78, 5) is 0. The highest BCUT2D eigenvalue weighted by Crippen LogP contribution is 2.21. The summed E-state index contributed by atoms with van der Waals surface area (Å²) in [5.41, 5.74) is 4.24. The molecule has 2 rings (SSSR count). The van der Waals surface area contributed by atoms with Gasteiger partial charge in [0.1, 0.15) is 0 Å². The van der Waals surface area contributed by atoms with E-state index in [1.807, 2.05) is 18.8 Å². The van der Waals surface area contributed by atoms with Crippen LogP contribution in [0.3, 0.4) is 0 Å². The van der Waals surface area contributed by atoms with Gasteiger partial charge in [0.05, 0.1) is 12.7 Å². The topological polar surface area (TPSA) is 21.3 Å². The van der Waals surface area contributed by atoms with Crippen molar-refractivity contribution in [1.29, 1.82) is 0 Å². The standard InChI is InChI=1S/C15H23NOS/c1-11-5-4-6-12(2)13(11)9-14(16-3)15-10-18-8-7-17-15/h4-6,14-16H,7-10H2,1-3H3. The first kappa shape index (κ1) is 13.9. The molecule has 1 fully saturated rings. The van der Waals surface area contributed by atoms with Gasteiger partial charge < -0.3 is 10.1 Å². The van der Waals surface area contributed by atoms with Gasteiger partial charge in [-0.2, -0.15) is 11.8 Å². The van der Waals surface area contributed by atoms with Crippen LogP contribution in [-0.4, -0.2) is 37.3 Å². The minimum absolute atomic E-state index is 0.341. The highest BCUT2D eigenvalue weighted by molar-refractivity contribution is 7.99. The van der Waals surface area contributed by atoms with Crippen molar-refractivity contribution < 1.29 is 4.74 Å². The van der Waals surface area contributed by atoms with E-state index in [0.717, 1.165) is 24.5 Å². The van der Waals surface area contributed by atoms with Crippen LogP contribution >= 0.6 is 11.8 Å². The van der Waals surface area contributed by atoms with Crippen LogP contribution < -0.4 is 5.32 Å². The zero-order chi connectivity index (χ0) is 13.0. The van der Waals surface area contributed by atoms with Crippen LogP contribution in [0.15, 0.2) is 18.2 Å². The van der Waals surface area contributed by atoms with Gasteiger partial charge in [-0.05, 0) is 44.0 Å². The summed E-state index contributed by atoms with van der Waals surface area (Å²) < 4.78 is 5.90. The molecule has 100 valence electrons. The lowest BCUT2D eigenvalue weighted by molar-refractivity contribution is 0.0491. The van der Waals surface area contributed by atoms with Crippen molar-refractivity contribution in [2.24, 2.45) is 0 Å². The quantitative estimate of drug-likeness (QED) is 0.904. The first-order valence-corrected chi connectivity index (χ1v) is 7.79. The number of nitrogens with one attached hydrogen (secondary N) is 1. The molecule has 1 heterocycles. The number of ether oxygens (including phenoxy) is 1. The molecule has 1 aromatic carbocycles. The van der Waals surface area contributed by atoms with Gasteiger partial charge in [0.2, 0.25) is 0 Å². The van der Waals surface area contributed by atoms with Crippen LogP contribution in [0.1, 0.15) is 16.7 Å². The summed E-state index contributed by atoms with van der Waals surface area (Å²) in [6, 6.07) is 6.95. The van der Waals surface area contributed by atoms with Crippen LogP contribution in [-0.2, 0) is 11.2 Å². The Morgan fingerprint density at radius 1 is 1.39 bits per heavy atom. The largest absolute Gasteiger partial charge is 0.375 e. The minimum Gasteiger partial charge on any atom is -0.375 e. The Morgan fingerprint density at radius 3 is 2.67 bits per heavy atom. The molecule has 1 aliphatic heterocycles. The SMILES string of the molecule is CNC(Cc1c(C)cccc1C)C1CSCCO1. The second kappa shape index (κ2) is 6.60. The molecular formula is C15H23NOS. The van der Waals surface area contributed by atoms with Gasteiger partial charge >= 0.3 is 0 Å². The highest BCUT2D eigenvalue weighted by Gasteiger charge is 2.24. The summed E-state index contributed by atoms with van der Waals surface area (Å²) >= 11 is 2.00. The molecule has 1 saturated heterocycles. The summed E-state index contributed by atoms with van der Waals surface area (Å²) in [6.45, 7) is 5.29. The molecule has 0 amide bonds. The molecule has 0 aromatic heterocycles. The average Bonchev–Trinajstić information content (AvgIpc) is 2.40. The van der Waals surface area contributed by atoms with E-state index >= 15 is 0 Å². The van der Waals surface area contributed by atoms with Crippen LogP contribution in [0.25, 0.3) is 0 Å². The van der Waals surface area contributed by atoms with E-state index in [1.54, 1.807) is 0 Å². The third-order valence-corrected chi connectivity index (χ3v) is 4.75. The fraction of sp³-hybridized carbons (Fsp3) is 0.600. The molecule has 0 bridgehead atoms. The Labute approximate surface area is 114 Å². The van der Waals surface area contributed by atoms with E-state index in [-0.39, 0.29) is 0 Å². The van der Waals surface area contributed by atoms with E-state index in [2.05, 4.69) is 37.4 Å². The molecule has 1 aromatic rings. The monoisotopic (exact) mass is 265 g/mol. The fourth-order valence-electron chi connectivity index (χ4n) is 2.55. The van der Waals surface area contributed by atoms with E-state index in [9.17, 15) is 0 Å². The molecule has 0 spiro atoms. The van der Waals surface area contributed by atoms with Crippen molar-refractivity contribution >= 4 is 11.8 Å². The predicted octanol–water partition coefficient (Wildman–Crippen LogP) is 2.57. The molecule has 0 saturated carbocycles. The number of aryl methyl sites for hydroxylation is 2. The molecule has 2 unspecified atom stereocenters. The van der Waals surface area contributed by atoms with E-state index in [0.29, 0.717) is 12.1 Å². The van der Waals surface area contributed by atoms with Gasteiger partial charge in [-0.3, -0.25) is 0 Å².